The zero-order valence-electron chi connectivity index (χ0n) is 11.0. The van der Waals surface area contributed by atoms with Gasteiger partial charge >= 0.3 is 0 Å². The van der Waals surface area contributed by atoms with E-state index in [0.29, 0.717) is 11.4 Å². The van der Waals surface area contributed by atoms with Gasteiger partial charge in [-0.15, -0.1) is 5.10 Å². The van der Waals surface area contributed by atoms with Crippen LogP contribution in [-0.4, -0.2) is 22.1 Å². The van der Waals surface area contributed by atoms with Gasteiger partial charge < -0.3 is 10.5 Å². The molecule has 0 saturated carbocycles. The minimum Gasteiger partial charge on any atom is -0.495 e. The Morgan fingerprint density at radius 1 is 1.10 bits per heavy atom. The Kier molecular flexibility index (Phi) is 3.09. The summed E-state index contributed by atoms with van der Waals surface area (Å²) in [6, 6.07) is 15.5. The number of nitrogens with two attached hydrogens (primary N) is 1. The van der Waals surface area contributed by atoms with E-state index in [-0.39, 0.29) is 0 Å². The van der Waals surface area contributed by atoms with Gasteiger partial charge in [0.05, 0.1) is 30.4 Å². The maximum Gasteiger partial charge on any atom is 0.141 e. The smallest absolute Gasteiger partial charge is 0.141 e. The molecule has 2 aromatic carbocycles. The lowest BCUT2D eigenvalue weighted by atomic mass is 10.1. The van der Waals surface area contributed by atoms with Crippen LogP contribution in [0.4, 0.5) is 5.69 Å². The average Bonchev–Trinajstić information content (AvgIpc) is 2.97. The largest absolute Gasteiger partial charge is 0.495 e. The van der Waals surface area contributed by atoms with E-state index in [1.807, 2.05) is 48.5 Å². The maximum atomic E-state index is 5.95. The molecule has 3 aromatic rings. The van der Waals surface area contributed by atoms with E-state index in [1.54, 1.807) is 18.0 Å². The van der Waals surface area contributed by atoms with Crippen molar-refractivity contribution in [2.75, 3.05) is 12.8 Å². The quantitative estimate of drug-likeness (QED) is 0.740. The van der Waals surface area contributed by atoms with Gasteiger partial charge in [0, 0.05) is 5.56 Å². The second-order valence-electron chi connectivity index (χ2n) is 4.32. The summed E-state index contributed by atoms with van der Waals surface area (Å²) < 4.78 is 6.95. The lowest BCUT2D eigenvalue weighted by Gasteiger charge is -2.09. The number of nitrogen functional groups attached to an aromatic ring is 1. The molecule has 2 N–H and O–H groups in total. The highest BCUT2D eigenvalue weighted by atomic mass is 16.5. The Balaban J connectivity index is 2.08. The number of para-hydroxylation sites is 1. The van der Waals surface area contributed by atoms with Crippen LogP contribution in [0.25, 0.3) is 16.9 Å². The normalized spacial score (nSPS) is 10.4. The number of anilines is 1. The summed E-state index contributed by atoms with van der Waals surface area (Å²) in [6.45, 7) is 0. The number of hydrogen-bond acceptors (Lipinski definition) is 4. The summed E-state index contributed by atoms with van der Waals surface area (Å²) in [5, 5.41) is 8.12. The number of benzene rings is 2. The van der Waals surface area contributed by atoms with Crippen LogP contribution in [0.1, 0.15) is 0 Å². The zero-order valence-corrected chi connectivity index (χ0v) is 11.0. The monoisotopic (exact) mass is 266 g/mol. The molecule has 0 radical (unpaired) electrons. The third kappa shape index (κ3) is 2.09. The predicted octanol–water partition coefficient (Wildman–Crippen LogP) is 2.53. The van der Waals surface area contributed by atoms with E-state index >= 15 is 0 Å². The molecule has 0 amide bonds. The molecule has 0 saturated heterocycles. The molecule has 0 spiro atoms. The van der Waals surface area contributed by atoms with Gasteiger partial charge in [-0.2, -0.15) is 0 Å². The van der Waals surface area contributed by atoms with Crippen molar-refractivity contribution >= 4 is 5.69 Å². The molecule has 100 valence electrons. The van der Waals surface area contributed by atoms with Gasteiger partial charge in [0.1, 0.15) is 5.75 Å². The van der Waals surface area contributed by atoms with Crippen LogP contribution in [0, 0.1) is 0 Å². The Bertz CT molecular complexity index is 722. The summed E-state index contributed by atoms with van der Waals surface area (Å²) in [5.74, 6) is 0.660. The highest BCUT2D eigenvalue weighted by Crippen LogP contribution is 2.28. The van der Waals surface area contributed by atoms with Crippen LogP contribution in [0.2, 0.25) is 0 Å². The van der Waals surface area contributed by atoms with Crippen molar-refractivity contribution in [1.29, 1.82) is 0 Å². The van der Waals surface area contributed by atoms with Crippen LogP contribution in [0.3, 0.4) is 0 Å². The molecule has 1 aromatic heterocycles. The molecule has 0 unspecified atom stereocenters. The van der Waals surface area contributed by atoms with Crippen LogP contribution < -0.4 is 10.5 Å². The predicted molar refractivity (Wildman–Crippen MR) is 77.8 cm³/mol. The van der Waals surface area contributed by atoms with E-state index in [2.05, 4.69) is 10.3 Å². The van der Waals surface area contributed by atoms with Crippen LogP contribution in [-0.2, 0) is 0 Å². The van der Waals surface area contributed by atoms with E-state index in [1.165, 1.54) is 0 Å². The summed E-state index contributed by atoms with van der Waals surface area (Å²) in [6.07, 6.45) is 1.72. The van der Waals surface area contributed by atoms with Crippen molar-refractivity contribution < 1.29 is 4.74 Å². The third-order valence-electron chi connectivity index (χ3n) is 3.08. The summed E-state index contributed by atoms with van der Waals surface area (Å²) in [4.78, 5) is 0. The van der Waals surface area contributed by atoms with Crippen molar-refractivity contribution in [3.05, 3.63) is 54.7 Å². The summed E-state index contributed by atoms with van der Waals surface area (Å²) in [7, 11) is 1.60. The lowest BCUT2D eigenvalue weighted by Crippen LogP contribution is -1.99. The molecule has 0 aliphatic rings. The van der Waals surface area contributed by atoms with Gasteiger partial charge in [0.2, 0.25) is 0 Å². The number of hydrogen-bond donors (Lipinski definition) is 1. The minimum absolute atomic E-state index is 0.589. The first kappa shape index (κ1) is 12.2. The van der Waals surface area contributed by atoms with Gasteiger partial charge in [-0.05, 0) is 30.3 Å². The molecule has 1 heterocycles. The number of methoxy groups -OCH3 is 1. The second-order valence-corrected chi connectivity index (χ2v) is 4.32. The molecule has 0 atom stereocenters. The van der Waals surface area contributed by atoms with Gasteiger partial charge in [0.25, 0.3) is 0 Å². The van der Waals surface area contributed by atoms with Crippen molar-refractivity contribution in [1.82, 2.24) is 15.0 Å². The number of nitrogens with zero attached hydrogens (tertiary/aromatic N) is 3. The second kappa shape index (κ2) is 5.05. The first-order valence-electron chi connectivity index (χ1n) is 6.19. The van der Waals surface area contributed by atoms with E-state index in [4.69, 9.17) is 10.5 Å². The molecule has 0 fully saturated rings. The van der Waals surface area contributed by atoms with E-state index in [9.17, 15) is 0 Å². The van der Waals surface area contributed by atoms with Crippen molar-refractivity contribution in [2.24, 2.45) is 0 Å². The molecule has 5 nitrogen and oxygen atoms in total. The van der Waals surface area contributed by atoms with Gasteiger partial charge in [-0.1, -0.05) is 23.4 Å². The Labute approximate surface area is 116 Å². The molecule has 5 heteroatoms. The Hall–Kier alpha value is -2.82. The fourth-order valence-electron chi connectivity index (χ4n) is 2.09. The van der Waals surface area contributed by atoms with Crippen LogP contribution >= 0.6 is 0 Å². The SMILES string of the molecule is COc1ccc(-c2cnnn2-c2ccccc2)cc1N. The van der Waals surface area contributed by atoms with Gasteiger partial charge in [0.15, 0.2) is 0 Å². The standard InChI is InChI=1S/C15H14N4O/c1-20-15-8-7-11(9-13(15)16)14-10-17-18-19(14)12-5-3-2-4-6-12/h2-10H,16H2,1H3. The summed E-state index contributed by atoms with van der Waals surface area (Å²) in [5.41, 5.74) is 9.32. The van der Waals surface area contributed by atoms with Crippen molar-refractivity contribution in [3.63, 3.8) is 0 Å². The van der Waals surface area contributed by atoms with Gasteiger partial charge in [-0.25, -0.2) is 4.68 Å². The molecular weight excluding hydrogens is 252 g/mol. The first-order valence-corrected chi connectivity index (χ1v) is 6.19. The highest BCUT2D eigenvalue weighted by Gasteiger charge is 2.10. The molecule has 0 bridgehead atoms. The average molecular weight is 266 g/mol. The number of rotatable bonds is 3. The Morgan fingerprint density at radius 2 is 1.90 bits per heavy atom. The topological polar surface area (TPSA) is 66.0 Å². The molecule has 3 rings (SSSR count). The third-order valence-corrected chi connectivity index (χ3v) is 3.08. The van der Waals surface area contributed by atoms with Gasteiger partial charge in [-0.3, -0.25) is 0 Å². The molecule has 0 aliphatic heterocycles. The number of aromatic nitrogens is 3. The van der Waals surface area contributed by atoms with E-state index in [0.717, 1.165) is 16.9 Å². The highest BCUT2D eigenvalue weighted by molar-refractivity contribution is 5.69. The first-order chi connectivity index (χ1) is 9.79. The van der Waals surface area contributed by atoms with Crippen LogP contribution in [0.15, 0.2) is 54.7 Å². The van der Waals surface area contributed by atoms with E-state index < -0.39 is 0 Å². The Morgan fingerprint density at radius 3 is 2.60 bits per heavy atom. The number of ether oxygens (including phenoxy) is 1. The molecule has 0 aliphatic carbocycles. The molecule has 20 heavy (non-hydrogen) atoms. The van der Waals surface area contributed by atoms with Crippen LogP contribution in [0.5, 0.6) is 5.75 Å². The fourth-order valence-corrected chi connectivity index (χ4v) is 2.09. The van der Waals surface area contributed by atoms with Crippen molar-refractivity contribution in [3.8, 4) is 22.7 Å². The summed E-state index contributed by atoms with van der Waals surface area (Å²) >= 11 is 0. The maximum absolute atomic E-state index is 5.95. The lowest BCUT2D eigenvalue weighted by molar-refractivity contribution is 0.417. The molecular formula is C15H14N4O. The fraction of sp³-hybridized carbons (Fsp3) is 0.0667. The minimum atomic E-state index is 0.589. The zero-order chi connectivity index (χ0) is 13.9. The van der Waals surface area contributed by atoms with Crippen molar-refractivity contribution in [2.45, 2.75) is 0 Å².